The lowest BCUT2D eigenvalue weighted by molar-refractivity contribution is -0.132. The van der Waals surface area contributed by atoms with Crippen LogP contribution in [0.15, 0.2) is 47.1 Å². The molecule has 1 aromatic heterocycles. The van der Waals surface area contributed by atoms with E-state index in [9.17, 15) is 18.8 Å². The second-order valence-corrected chi connectivity index (χ2v) is 4.89. The van der Waals surface area contributed by atoms with Gasteiger partial charge in [-0.15, -0.1) is 0 Å². The van der Waals surface area contributed by atoms with Crippen molar-refractivity contribution < 1.29 is 27.9 Å². The fraction of sp³-hybridized carbons (Fsp3) is 0.188. The van der Waals surface area contributed by atoms with Crippen LogP contribution in [0.2, 0.25) is 0 Å². The van der Waals surface area contributed by atoms with E-state index < -0.39 is 29.6 Å². The van der Waals surface area contributed by atoms with Gasteiger partial charge in [0.25, 0.3) is 17.7 Å². The lowest BCUT2D eigenvalue weighted by Crippen LogP contribution is -2.50. The highest BCUT2D eigenvalue weighted by molar-refractivity contribution is 5.94. The summed E-state index contributed by atoms with van der Waals surface area (Å²) in [6.07, 6.45) is 0.279. The van der Waals surface area contributed by atoms with E-state index in [2.05, 4.69) is 16.2 Å². The molecule has 0 aliphatic heterocycles. The Bertz CT molecular complexity index is 748. The highest BCUT2D eigenvalue weighted by Gasteiger charge is 2.17. The number of hydrazine groups is 1. The molecule has 8 nitrogen and oxygen atoms in total. The molecule has 0 spiro atoms. The Morgan fingerprint density at radius 3 is 2.60 bits per heavy atom. The van der Waals surface area contributed by atoms with Gasteiger partial charge in [0.1, 0.15) is 0 Å². The van der Waals surface area contributed by atoms with E-state index in [1.54, 1.807) is 6.07 Å². The van der Waals surface area contributed by atoms with Crippen LogP contribution in [0.25, 0.3) is 0 Å². The van der Waals surface area contributed by atoms with Gasteiger partial charge in [0.2, 0.25) is 0 Å². The summed E-state index contributed by atoms with van der Waals surface area (Å²) in [6, 6.07) is 8.60. The minimum absolute atomic E-state index is 0.0590. The van der Waals surface area contributed by atoms with Crippen LogP contribution in [0.3, 0.4) is 0 Å². The van der Waals surface area contributed by atoms with E-state index in [-0.39, 0.29) is 18.1 Å². The molecule has 0 saturated heterocycles. The average molecular weight is 349 g/mol. The predicted octanol–water partition coefficient (Wildman–Crippen LogP) is 0.763. The lowest BCUT2D eigenvalue weighted by atomic mass is 10.3. The van der Waals surface area contributed by atoms with Crippen molar-refractivity contribution in [2.45, 2.75) is 13.0 Å². The number of furan rings is 1. The zero-order valence-corrected chi connectivity index (χ0v) is 13.2. The zero-order valence-electron chi connectivity index (χ0n) is 13.2. The summed E-state index contributed by atoms with van der Waals surface area (Å²) in [4.78, 5) is 35.0. The first-order valence-electron chi connectivity index (χ1n) is 7.29. The molecule has 1 atom stereocenters. The molecule has 1 heterocycles. The Hall–Kier alpha value is -3.36. The second-order valence-electron chi connectivity index (χ2n) is 4.89. The van der Waals surface area contributed by atoms with Gasteiger partial charge in [-0.2, -0.15) is 0 Å². The van der Waals surface area contributed by atoms with Crippen LogP contribution in [0.5, 0.6) is 5.75 Å². The fourth-order valence-corrected chi connectivity index (χ4v) is 1.72. The molecule has 0 aliphatic carbocycles. The number of halogens is 1. The van der Waals surface area contributed by atoms with Gasteiger partial charge in [-0.05, 0) is 31.2 Å². The maximum absolute atomic E-state index is 13.4. The van der Waals surface area contributed by atoms with Crippen molar-refractivity contribution >= 4 is 17.7 Å². The molecule has 3 N–H and O–H groups in total. The Morgan fingerprint density at radius 1 is 1.16 bits per heavy atom. The molecule has 25 heavy (non-hydrogen) atoms. The summed E-state index contributed by atoms with van der Waals surface area (Å²) in [5, 5.41) is 2.31. The van der Waals surface area contributed by atoms with Crippen molar-refractivity contribution in [1.29, 1.82) is 0 Å². The third kappa shape index (κ3) is 5.34. The van der Waals surface area contributed by atoms with E-state index in [4.69, 9.17) is 9.15 Å². The van der Waals surface area contributed by atoms with Crippen LogP contribution in [0.1, 0.15) is 17.5 Å². The Balaban J connectivity index is 1.72. The van der Waals surface area contributed by atoms with Gasteiger partial charge in [-0.1, -0.05) is 12.1 Å². The van der Waals surface area contributed by atoms with Gasteiger partial charge in [0.15, 0.2) is 23.4 Å². The number of hydrogen-bond acceptors (Lipinski definition) is 5. The topological polar surface area (TPSA) is 110 Å². The van der Waals surface area contributed by atoms with Crippen LogP contribution >= 0.6 is 0 Å². The highest BCUT2D eigenvalue weighted by atomic mass is 19.1. The predicted molar refractivity (Wildman–Crippen MR) is 83.8 cm³/mol. The van der Waals surface area contributed by atoms with Crippen molar-refractivity contribution in [3.05, 3.63) is 54.2 Å². The molecular weight excluding hydrogens is 333 g/mol. The summed E-state index contributed by atoms with van der Waals surface area (Å²) in [6.45, 7) is 1.02. The zero-order chi connectivity index (χ0) is 18.2. The van der Waals surface area contributed by atoms with Crippen LogP contribution < -0.4 is 20.9 Å². The number of nitrogens with one attached hydrogen (secondary N) is 3. The molecule has 132 valence electrons. The minimum Gasteiger partial charge on any atom is -0.478 e. The van der Waals surface area contributed by atoms with Crippen molar-refractivity contribution in [2.75, 3.05) is 6.54 Å². The molecule has 0 fully saturated rings. The van der Waals surface area contributed by atoms with E-state index in [1.807, 2.05) is 0 Å². The normalized spacial score (nSPS) is 11.3. The highest BCUT2D eigenvalue weighted by Crippen LogP contribution is 2.16. The van der Waals surface area contributed by atoms with Crippen molar-refractivity contribution in [1.82, 2.24) is 16.2 Å². The van der Waals surface area contributed by atoms with E-state index in [1.165, 1.54) is 43.5 Å². The minimum atomic E-state index is -1.05. The molecule has 0 bridgehead atoms. The van der Waals surface area contributed by atoms with Crippen LogP contribution in [-0.4, -0.2) is 30.4 Å². The SMILES string of the molecule is C[C@H](Oc1ccccc1F)C(=O)NNC(=O)CNC(=O)c1ccco1. The number of carbonyl (C=O) groups excluding carboxylic acids is 3. The fourth-order valence-electron chi connectivity index (χ4n) is 1.72. The Morgan fingerprint density at radius 2 is 1.92 bits per heavy atom. The summed E-state index contributed by atoms with van der Waals surface area (Å²) in [5.74, 6) is -2.54. The van der Waals surface area contributed by atoms with E-state index in [0.717, 1.165) is 0 Å². The number of carbonyl (C=O) groups is 3. The number of rotatable bonds is 6. The molecule has 2 aromatic rings. The first-order chi connectivity index (χ1) is 12.0. The molecule has 2 rings (SSSR count). The third-order valence-corrected chi connectivity index (χ3v) is 2.99. The van der Waals surface area contributed by atoms with Gasteiger partial charge in [0, 0.05) is 0 Å². The molecule has 1 aromatic carbocycles. The summed E-state index contributed by atoms with van der Waals surface area (Å²) >= 11 is 0. The first kappa shape index (κ1) is 18.0. The van der Waals surface area contributed by atoms with Crippen LogP contribution in [0.4, 0.5) is 4.39 Å². The Kier molecular flexibility index (Phi) is 6.10. The molecular formula is C16H16FN3O5. The standard InChI is InChI=1S/C16H16FN3O5/c1-10(25-12-6-3-2-5-11(12)17)15(22)20-19-14(21)9-18-16(23)13-7-4-8-24-13/h2-8,10H,9H2,1H3,(H,18,23)(H,19,21)(H,20,22)/t10-/m0/s1. The van der Waals surface area contributed by atoms with Gasteiger partial charge < -0.3 is 14.5 Å². The van der Waals surface area contributed by atoms with Crippen LogP contribution in [-0.2, 0) is 9.59 Å². The maximum atomic E-state index is 13.4. The number of benzene rings is 1. The van der Waals surface area contributed by atoms with Crippen molar-refractivity contribution in [3.8, 4) is 5.75 Å². The number of hydrogen-bond donors (Lipinski definition) is 3. The number of para-hydroxylation sites is 1. The largest absolute Gasteiger partial charge is 0.478 e. The molecule has 0 radical (unpaired) electrons. The number of ether oxygens (including phenoxy) is 1. The monoisotopic (exact) mass is 349 g/mol. The van der Waals surface area contributed by atoms with E-state index in [0.29, 0.717) is 0 Å². The first-order valence-corrected chi connectivity index (χ1v) is 7.29. The van der Waals surface area contributed by atoms with Gasteiger partial charge in [-0.25, -0.2) is 4.39 Å². The third-order valence-electron chi connectivity index (χ3n) is 2.99. The lowest BCUT2D eigenvalue weighted by Gasteiger charge is -2.15. The molecule has 0 saturated carbocycles. The molecule has 0 unspecified atom stereocenters. The molecule has 0 aliphatic rings. The summed E-state index contributed by atoms with van der Waals surface area (Å²) in [5.41, 5.74) is 4.23. The average Bonchev–Trinajstić information content (AvgIpc) is 3.14. The van der Waals surface area contributed by atoms with Crippen molar-refractivity contribution in [3.63, 3.8) is 0 Å². The Labute approximate surface area is 142 Å². The van der Waals surface area contributed by atoms with Crippen LogP contribution in [0, 0.1) is 5.82 Å². The number of amides is 3. The molecule has 3 amide bonds. The summed E-state index contributed by atoms with van der Waals surface area (Å²) in [7, 11) is 0. The second kappa shape index (κ2) is 8.48. The quantitative estimate of drug-likeness (QED) is 0.667. The van der Waals surface area contributed by atoms with E-state index >= 15 is 0 Å². The molecule has 9 heteroatoms. The maximum Gasteiger partial charge on any atom is 0.287 e. The van der Waals surface area contributed by atoms with Crippen molar-refractivity contribution in [2.24, 2.45) is 0 Å². The van der Waals surface area contributed by atoms with Gasteiger partial charge in [-0.3, -0.25) is 25.2 Å². The summed E-state index contributed by atoms with van der Waals surface area (Å²) < 4.78 is 23.5. The smallest absolute Gasteiger partial charge is 0.287 e. The van der Waals surface area contributed by atoms with Gasteiger partial charge in [0.05, 0.1) is 12.8 Å². The van der Waals surface area contributed by atoms with Gasteiger partial charge >= 0.3 is 0 Å².